The Hall–Kier alpha value is -1.34. The molecule has 0 saturated carbocycles. The Balaban J connectivity index is -0.000000266. The highest BCUT2D eigenvalue weighted by atomic mass is 16.2. The summed E-state index contributed by atoms with van der Waals surface area (Å²) in [5.41, 5.74) is 0. The zero-order chi connectivity index (χ0) is 11.8. The van der Waals surface area contributed by atoms with E-state index in [1.54, 1.807) is 0 Å². The fraction of sp³-hybridized carbons (Fsp3) is 0.600. The van der Waals surface area contributed by atoms with Crippen LogP contribution in [0.5, 0.6) is 0 Å². The van der Waals surface area contributed by atoms with Crippen LogP contribution >= 0.6 is 0 Å². The van der Waals surface area contributed by atoms with Crippen molar-refractivity contribution in [1.82, 2.24) is 5.32 Å². The fourth-order valence-electron chi connectivity index (χ4n) is 0.428. The van der Waals surface area contributed by atoms with Crippen LogP contribution < -0.4 is 5.32 Å². The van der Waals surface area contributed by atoms with Crippen LogP contribution in [0.2, 0.25) is 0 Å². The standard InChI is InChI=1S/C7H9NO2.C2H6.CH4O/c1-2-5-8-7(10)4-3-6-9;2*1-2/h1,6H,3-5H2,(H,8,10);1-2H3;2H,1H3. The van der Waals surface area contributed by atoms with Crippen LogP contribution in [0.3, 0.4) is 0 Å². The van der Waals surface area contributed by atoms with Gasteiger partial charge in [-0.25, -0.2) is 0 Å². The average molecular weight is 201 g/mol. The molecule has 0 aromatic rings. The van der Waals surface area contributed by atoms with Crippen molar-refractivity contribution in [2.24, 2.45) is 0 Å². The highest BCUT2D eigenvalue weighted by Gasteiger charge is 1.96. The SMILES string of the molecule is C#CCNC(=O)CCC=O.CC.CO. The normalized spacial score (nSPS) is 6.50. The first-order valence-electron chi connectivity index (χ1n) is 4.39. The van der Waals surface area contributed by atoms with Crippen molar-refractivity contribution in [2.45, 2.75) is 26.7 Å². The lowest BCUT2D eigenvalue weighted by Gasteiger charge is -1.95. The predicted molar refractivity (Wildman–Crippen MR) is 56.6 cm³/mol. The number of carbonyl (C=O) groups is 2. The van der Waals surface area contributed by atoms with Gasteiger partial charge in [-0.2, -0.15) is 0 Å². The first-order valence-corrected chi connectivity index (χ1v) is 4.39. The van der Waals surface area contributed by atoms with Crippen LogP contribution in [-0.2, 0) is 9.59 Å². The largest absolute Gasteiger partial charge is 0.400 e. The Morgan fingerprint density at radius 3 is 2.36 bits per heavy atom. The minimum absolute atomic E-state index is 0.176. The smallest absolute Gasteiger partial charge is 0.221 e. The third-order valence-electron chi connectivity index (χ3n) is 0.877. The maximum absolute atomic E-state index is 10.6. The lowest BCUT2D eigenvalue weighted by Crippen LogP contribution is -2.22. The van der Waals surface area contributed by atoms with E-state index in [1.807, 2.05) is 13.8 Å². The highest BCUT2D eigenvalue weighted by Crippen LogP contribution is 1.82. The molecule has 0 aromatic carbocycles. The van der Waals surface area contributed by atoms with E-state index in [4.69, 9.17) is 11.5 Å². The van der Waals surface area contributed by atoms with Gasteiger partial charge in [0.2, 0.25) is 5.91 Å². The molecule has 4 heteroatoms. The average Bonchev–Trinajstić information content (AvgIpc) is 2.29. The van der Waals surface area contributed by atoms with Crippen molar-refractivity contribution >= 4 is 12.2 Å². The van der Waals surface area contributed by atoms with Gasteiger partial charge in [0, 0.05) is 20.0 Å². The maximum atomic E-state index is 10.6. The number of hydrogen-bond acceptors (Lipinski definition) is 3. The third-order valence-corrected chi connectivity index (χ3v) is 0.877. The number of terminal acetylenes is 1. The van der Waals surface area contributed by atoms with Gasteiger partial charge >= 0.3 is 0 Å². The quantitative estimate of drug-likeness (QED) is 0.509. The molecule has 14 heavy (non-hydrogen) atoms. The molecule has 1 amide bonds. The topological polar surface area (TPSA) is 66.4 Å². The molecule has 0 fully saturated rings. The zero-order valence-electron chi connectivity index (χ0n) is 9.04. The highest BCUT2D eigenvalue weighted by molar-refractivity contribution is 5.78. The summed E-state index contributed by atoms with van der Waals surface area (Å²) in [6, 6.07) is 0. The number of aliphatic hydroxyl groups excluding tert-OH is 1. The molecule has 0 saturated heterocycles. The number of hydrogen-bond donors (Lipinski definition) is 2. The number of rotatable bonds is 4. The molecular formula is C10H19NO3. The minimum atomic E-state index is -0.176. The number of aliphatic hydroxyl groups is 1. The molecule has 0 unspecified atom stereocenters. The van der Waals surface area contributed by atoms with Gasteiger partial charge in [0.1, 0.15) is 6.29 Å². The second kappa shape index (κ2) is 22.6. The molecule has 0 rings (SSSR count). The molecule has 0 spiro atoms. The maximum Gasteiger partial charge on any atom is 0.221 e. The summed E-state index contributed by atoms with van der Waals surface area (Å²) >= 11 is 0. The van der Waals surface area contributed by atoms with Gasteiger partial charge in [-0.05, 0) is 0 Å². The van der Waals surface area contributed by atoms with Crippen LogP contribution in [0, 0.1) is 12.3 Å². The first kappa shape index (κ1) is 18.4. The summed E-state index contributed by atoms with van der Waals surface area (Å²) in [7, 11) is 1.00. The van der Waals surface area contributed by atoms with Gasteiger partial charge in [0.25, 0.3) is 0 Å². The van der Waals surface area contributed by atoms with Crippen LogP contribution in [0.25, 0.3) is 0 Å². The Morgan fingerprint density at radius 2 is 2.00 bits per heavy atom. The lowest BCUT2D eigenvalue weighted by atomic mass is 10.3. The molecule has 2 N–H and O–H groups in total. The first-order chi connectivity index (χ1) is 6.81. The molecule has 82 valence electrons. The lowest BCUT2D eigenvalue weighted by molar-refractivity contribution is -0.122. The monoisotopic (exact) mass is 201 g/mol. The van der Waals surface area contributed by atoms with E-state index in [0.29, 0.717) is 6.29 Å². The van der Waals surface area contributed by atoms with Crippen molar-refractivity contribution in [2.75, 3.05) is 13.7 Å². The van der Waals surface area contributed by atoms with Crippen molar-refractivity contribution in [3.8, 4) is 12.3 Å². The summed E-state index contributed by atoms with van der Waals surface area (Å²) in [6.45, 7) is 4.23. The fourth-order valence-corrected chi connectivity index (χ4v) is 0.428. The molecule has 0 heterocycles. The molecular weight excluding hydrogens is 182 g/mol. The van der Waals surface area contributed by atoms with Gasteiger partial charge in [0.15, 0.2) is 0 Å². The van der Waals surface area contributed by atoms with Crippen molar-refractivity contribution in [3.05, 3.63) is 0 Å². The summed E-state index contributed by atoms with van der Waals surface area (Å²) in [4.78, 5) is 20.4. The van der Waals surface area contributed by atoms with E-state index in [0.717, 1.165) is 7.11 Å². The minimum Gasteiger partial charge on any atom is -0.400 e. The molecule has 0 aliphatic heterocycles. The summed E-state index contributed by atoms with van der Waals surface area (Å²) in [5, 5.41) is 9.43. The molecule has 0 bridgehead atoms. The van der Waals surface area contributed by atoms with Crippen molar-refractivity contribution in [1.29, 1.82) is 0 Å². The molecule has 0 radical (unpaired) electrons. The Morgan fingerprint density at radius 1 is 1.50 bits per heavy atom. The van der Waals surface area contributed by atoms with Gasteiger partial charge in [-0.15, -0.1) is 6.42 Å². The van der Waals surface area contributed by atoms with Gasteiger partial charge < -0.3 is 15.2 Å². The number of carbonyl (C=O) groups excluding carboxylic acids is 2. The van der Waals surface area contributed by atoms with Crippen molar-refractivity contribution in [3.63, 3.8) is 0 Å². The Kier molecular flexibility index (Phi) is 29.8. The summed E-state index contributed by atoms with van der Waals surface area (Å²) in [5.74, 6) is 2.08. The molecule has 0 aromatic heterocycles. The van der Waals surface area contributed by atoms with Crippen LogP contribution in [0.4, 0.5) is 0 Å². The van der Waals surface area contributed by atoms with E-state index in [1.165, 1.54) is 0 Å². The van der Waals surface area contributed by atoms with Crippen LogP contribution in [0.15, 0.2) is 0 Å². The molecule has 0 atom stereocenters. The van der Waals surface area contributed by atoms with E-state index in [9.17, 15) is 9.59 Å². The molecule has 0 aliphatic rings. The van der Waals surface area contributed by atoms with E-state index in [-0.39, 0.29) is 25.3 Å². The number of amides is 1. The van der Waals surface area contributed by atoms with Gasteiger partial charge in [0.05, 0.1) is 6.54 Å². The van der Waals surface area contributed by atoms with Crippen LogP contribution in [-0.4, -0.2) is 31.0 Å². The Bertz CT molecular complexity index is 161. The van der Waals surface area contributed by atoms with Crippen molar-refractivity contribution < 1.29 is 14.7 Å². The van der Waals surface area contributed by atoms with E-state index >= 15 is 0 Å². The van der Waals surface area contributed by atoms with Crippen LogP contribution in [0.1, 0.15) is 26.7 Å². The number of aldehydes is 1. The molecule has 0 aliphatic carbocycles. The zero-order valence-corrected chi connectivity index (χ0v) is 9.04. The van der Waals surface area contributed by atoms with Gasteiger partial charge in [-0.1, -0.05) is 19.8 Å². The summed E-state index contributed by atoms with van der Waals surface area (Å²) < 4.78 is 0. The van der Waals surface area contributed by atoms with E-state index in [2.05, 4.69) is 11.2 Å². The second-order valence-corrected chi connectivity index (χ2v) is 1.69. The number of nitrogens with one attached hydrogen (secondary N) is 1. The van der Waals surface area contributed by atoms with Gasteiger partial charge in [-0.3, -0.25) is 4.79 Å². The molecule has 4 nitrogen and oxygen atoms in total. The predicted octanol–water partition coefficient (Wildman–Crippen LogP) is 0.350. The summed E-state index contributed by atoms with van der Waals surface area (Å²) in [6.07, 6.45) is 6.06. The Labute approximate surface area is 85.7 Å². The van der Waals surface area contributed by atoms with E-state index < -0.39 is 0 Å². The third kappa shape index (κ3) is 22.4. The second-order valence-electron chi connectivity index (χ2n) is 1.69.